The second-order valence-electron chi connectivity index (χ2n) is 9.57. The highest BCUT2D eigenvalue weighted by Crippen LogP contribution is 2.37. The van der Waals surface area contributed by atoms with E-state index in [2.05, 4.69) is 5.32 Å². The second kappa shape index (κ2) is 11.9. The van der Waals surface area contributed by atoms with E-state index >= 15 is 0 Å². The van der Waals surface area contributed by atoms with Crippen LogP contribution in [0.15, 0.2) is 53.6 Å². The van der Waals surface area contributed by atoms with Crippen LogP contribution in [0.2, 0.25) is 0 Å². The lowest BCUT2D eigenvalue weighted by molar-refractivity contribution is -0.133. The largest absolute Gasteiger partial charge is 0.497 e. The number of benzene rings is 2. The van der Waals surface area contributed by atoms with E-state index in [-0.39, 0.29) is 31.1 Å². The first kappa shape index (κ1) is 27.0. The van der Waals surface area contributed by atoms with Crippen LogP contribution in [0.25, 0.3) is 0 Å². The molecule has 0 fully saturated rings. The van der Waals surface area contributed by atoms with Crippen molar-refractivity contribution in [1.29, 1.82) is 0 Å². The van der Waals surface area contributed by atoms with Crippen LogP contribution in [-0.4, -0.2) is 74.1 Å². The van der Waals surface area contributed by atoms with Crippen molar-refractivity contribution >= 4 is 17.6 Å². The number of ether oxygens (including phenoxy) is 3. The van der Waals surface area contributed by atoms with Crippen LogP contribution in [0.3, 0.4) is 0 Å². The zero-order valence-corrected chi connectivity index (χ0v) is 21.9. The minimum atomic E-state index is -0.446. The molecule has 0 bridgehead atoms. The molecule has 1 aliphatic rings. The van der Waals surface area contributed by atoms with Gasteiger partial charge in [0, 0.05) is 31.2 Å². The van der Waals surface area contributed by atoms with E-state index in [0.717, 1.165) is 22.6 Å². The van der Waals surface area contributed by atoms with Gasteiger partial charge in [-0.05, 0) is 56.7 Å². The topological polar surface area (TPSA) is 92.7 Å². The van der Waals surface area contributed by atoms with E-state index in [4.69, 9.17) is 19.3 Å². The van der Waals surface area contributed by atoms with Crippen molar-refractivity contribution in [1.82, 2.24) is 15.2 Å². The van der Waals surface area contributed by atoms with Crippen LogP contribution in [0.5, 0.6) is 11.5 Å². The van der Waals surface area contributed by atoms with Crippen LogP contribution in [0.1, 0.15) is 44.4 Å². The number of amides is 3. The minimum Gasteiger partial charge on any atom is -0.497 e. The Bertz CT molecular complexity index is 1080. The van der Waals surface area contributed by atoms with Crippen LogP contribution >= 0.6 is 0 Å². The van der Waals surface area contributed by atoms with E-state index in [1.807, 2.05) is 69.3 Å². The number of hydrazone groups is 1. The summed E-state index contributed by atoms with van der Waals surface area (Å²) in [7, 11) is 4.78. The van der Waals surface area contributed by atoms with Gasteiger partial charge >= 0.3 is 6.03 Å². The number of carbonyl (C=O) groups is 2. The number of hydrogen-bond donors (Lipinski definition) is 1. The summed E-state index contributed by atoms with van der Waals surface area (Å²) in [6.07, 6.45) is 0.505. The number of carbonyl (C=O) groups excluding carboxylic acids is 2. The minimum absolute atomic E-state index is 0.143. The molecule has 194 valence electrons. The maximum atomic E-state index is 13.6. The maximum Gasteiger partial charge on any atom is 0.318 e. The molecule has 1 N–H and O–H groups in total. The molecule has 9 heteroatoms. The Morgan fingerprint density at radius 2 is 1.75 bits per heavy atom. The van der Waals surface area contributed by atoms with Crippen LogP contribution in [0, 0.1) is 0 Å². The fraction of sp³-hybridized carbons (Fsp3) is 0.444. The standard InChI is InChI=1S/C27H36N4O5/c1-27(2,3)28-26(33)30(15-16-34-4)18-25(32)31-23(21-9-7-8-10-24(21)36-6)17-22(29-31)19-11-13-20(35-5)14-12-19/h7-14,23H,15-18H2,1-6H3,(H,28,33)/t23-/m1/s1. The van der Waals surface area contributed by atoms with Gasteiger partial charge < -0.3 is 24.4 Å². The van der Waals surface area contributed by atoms with Gasteiger partial charge in [-0.25, -0.2) is 9.80 Å². The molecule has 0 unspecified atom stereocenters. The van der Waals surface area contributed by atoms with Gasteiger partial charge in [0.15, 0.2) is 0 Å². The maximum absolute atomic E-state index is 13.6. The van der Waals surface area contributed by atoms with Gasteiger partial charge in [-0.15, -0.1) is 0 Å². The average molecular weight is 497 g/mol. The molecular weight excluding hydrogens is 460 g/mol. The van der Waals surface area contributed by atoms with E-state index in [9.17, 15) is 9.59 Å². The molecule has 3 rings (SSSR count). The number of rotatable bonds is 9. The number of urea groups is 1. The van der Waals surface area contributed by atoms with Crippen LogP contribution < -0.4 is 14.8 Å². The quantitative estimate of drug-likeness (QED) is 0.570. The van der Waals surface area contributed by atoms with Gasteiger partial charge in [0.2, 0.25) is 0 Å². The molecule has 36 heavy (non-hydrogen) atoms. The number of nitrogens with one attached hydrogen (secondary N) is 1. The number of nitrogens with zero attached hydrogens (tertiary/aromatic N) is 3. The van der Waals surface area contributed by atoms with Crippen LogP contribution in [-0.2, 0) is 9.53 Å². The Balaban J connectivity index is 1.93. The number of para-hydroxylation sites is 1. The Morgan fingerprint density at radius 3 is 2.36 bits per heavy atom. The highest BCUT2D eigenvalue weighted by Gasteiger charge is 2.36. The predicted octanol–water partition coefficient (Wildman–Crippen LogP) is 3.84. The third kappa shape index (κ3) is 6.75. The van der Waals surface area contributed by atoms with E-state index in [1.54, 1.807) is 21.3 Å². The molecule has 1 heterocycles. The zero-order valence-electron chi connectivity index (χ0n) is 21.9. The molecule has 0 spiro atoms. The van der Waals surface area contributed by atoms with Crippen molar-refractivity contribution in [3.8, 4) is 11.5 Å². The van der Waals surface area contributed by atoms with Crippen LogP contribution in [0.4, 0.5) is 4.79 Å². The molecular formula is C27H36N4O5. The third-order valence-corrected chi connectivity index (χ3v) is 5.75. The molecule has 2 aromatic rings. The van der Waals surface area contributed by atoms with Gasteiger partial charge in [-0.1, -0.05) is 18.2 Å². The van der Waals surface area contributed by atoms with Gasteiger partial charge in [-0.2, -0.15) is 5.10 Å². The smallest absolute Gasteiger partial charge is 0.318 e. The summed E-state index contributed by atoms with van der Waals surface area (Å²) in [5.41, 5.74) is 2.07. The second-order valence-corrected chi connectivity index (χ2v) is 9.57. The summed E-state index contributed by atoms with van der Waals surface area (Å²) < 4.78 is 16.0. The van der Waals surface area contributed by atoms with Gasteiger partial charge in [0.1, 0.15) is 18.0 Å². The normalized spacial score (nSPS) is 15.3. The van der Waals surface area contributed by atoms with E-state index in [1.165, 1.54) is 9.91 Å². The average Bonchev–Trinajstić information content (AvgIpc) is 3.30. The lowest BCUT2D eigenvalue weighted by Gasteiger charge is -2.30. The fourth-order valence-corrected chi connectivity index (χ4v) is 3.97. The molecule has 0 aromatic heterocycles. The summed E-state index contributed by atoms with van der Waals surface area (Å²) >= 11 is 0. The summed E-state index contributed by atoms with van der Waals surface area (Å²) in [4.78, 5) is 28.0. The molecule has 0 saturated heterocycles. The van der Waals surface area contributed by atoms with Crippen molar-refractivity contribution in [3.05, 3.63) is 59.7 Å². The lowest BCUT2D eigenvalue weighted by Crippen LogP contribution is -2.52. The number of hydrogen-bond acceptors (Lipinski definition) is 6. The van der Waals surface area contributed by atoms with Gasteiger partial charge in [-0.3, -0.25) is 4.79 Å². The molecule has 3 amide bonds. The summed E-state index contributed by atoms with van der Waals surface area (Å²) in [6.45, 7) is 6.12. The zero-order chi connectivity index (χ0) is 26.3. The molecule has 9 nitrogen and oxygen atoms in total. The van der Waals surface area contributed by atoms with Gasteiger partial charge in [0.25, 0.3) is 5.91 Å². The third-order valence-electron chi connectivity index (χ3n) is 5.75. The lowest BCUT2D eigenvalue weighted by atomic mass is 9.97. The predicted molar refractivity (Wildman–Crippen MR) is 138 cm³/mol. The van der Waals surface area contributed by atoms with Crippen molar-refractivity contribution < 1.29 is 23.8 Å². The summed E-state index contributed by atoms with van der Waals surface area (Å²) in [6, 6.07) is 14.5. The molecule has 1 aliphatic heterocycles. The first-order valence-electron chi connectivity index (χ1n) is 11.9. The monoisotopic (exact) mass is 496 g/mol. The molecule has 0 aliphatic carbocycles. The molecule has 2 aromatic carbocycles. The Labute approximate surface area is 213 Å². The summed E-state index contributed by atoms with van der Waals surface area (Å²) in [5, 5.41) is 9.13. The highest BCUT2D eigenvalue weighted by molar-refractivity contribution is 6.03. The Kier molecular flexibility index (Phi) is 8.93. The van der Waals surface area contributed by atoms with Crippen molar-refractivity contribution in [2.75, 3.05) is 41.0 Å². The summed E-state index contributed by atoms with van der Waals surface area (Å²) in [5.74, 6) is 1.12. The van der Waals surface area contributed by atoms with Gasteiger partial charge in [0.05, 0.1) is 32.6 Å². The SMILES string of the molecule is COCCN(CC(=O)N1N=C(c2ccc(OC)cc2)C[C@@H]1c1ccccc1OC)C(=O)NC(C)(C)C. The molecule has 0 radical (unpaired) electrons. The first-order valence-corrected chi connectivity index (χ1v) is 11.9. The Hall–Kier alpha value is -3.59. The Morgan fingerprint density at radius 1 is 1.06 bits per heavy atom. The molecule has 1 atom stereocenters. The van der Waals surface area contributed by atoms with Crippen molar-refractivity contribution in [3.63, 3.8) is 0 Å². The first-order chi connectivity index (χ1) is 17.2. The van der Waals surface area contributed by atoms with E-state index < -0.39 is 5.54 Å². The fourth-order valence-electron chi connectivity index (χ4n) is 3.97. The van der Waals surface area contributed by atoms with E-state index in [0.29, 0.717) is 18.8 Å². The highest BCUT2D eigenvalue weighted by atomic mass is 16.5. The van der Waals surface area contributed by atoms with Crippen molar-refractivity contribution in [2.45, 2.75) is 38.8 Å². The number of methoxy groups -OCH3 is 3. The van der Waals surface area contributed by atoms with Crippen molar-refractivity contribution in [2.24, 2.45) is 5.10 Å². The molecule has 0 saturated carbocycles.